The van der Waals surface area contributed by atoms with Crippen LogP contribution in [0.25, 0.3) is 0 Å². The Kier molecular flexibility index (Phi) is 4.23. The van der Waals surface area contributed by atoms with Gasteiger partial charge in [-0.15, -0.1) is 0 Å². The molecule has 2 aliphatic rings. The fourth-order valence-electron chi connectivity index (χ4n) is 3.90. The predicted molar refractivity (Wildman–Crippen MR) is 91.8 cm³/mol. The molecule has 0 N–H and O–H groups in total. The van der Waals surface area contributed by atoms with Gasteiger partial charge in [0.15, 0.2) is 0 Å². The molecule has 0 radical (unpaired) electrons. The fourth-order valence-corrected chi connectivity index (χ4v) is 3.90. The van der Waals surface area contributed by atoms with E-state index < -0.39 is 11.7 Å². The number of nitrogens with zero attached hydrogens (tertiary/aromatic N) is 2. The van der Waals surface area contributed by atoms with E-state index in [1.54, 1.807) is 4.90 Å². The van der Waals surface area contributed by atoms with E-state index in [0.717, 1.165) is 31.6 Å². The molecule has 1 saturated heterocycles. The molecule has 4 rings (SSSR count). The molecule has 1 fully saturated rings. The molecule has 1 amide bonds. The maximum absolute atomic E-state index is 12.8. The molecular weight excluding hydrogens is 341 g/mol. The van der Waals surface area contributed by atoms with Gasteiger partial charge in [-0.1, -0.05) is 24.3 Å². The van der Waals surface area contributed by atoms with Gasteiger partial charge in [0.25, 0.3) is 5.91 Å². The zero-order chi connectivity index (χ0) is 18.3. The summed E-state index contributed by atoms with van der Waals surface area (Å²) in [6.07, 6.45) is -3.38. The maximum Gasteiger partial charge on any atom is 0.416 e. The number of fused-ring (bicyclic) bond motifs is 3. The molecule has 2 aromatic rings. The Balaban J connectivity index is 1.54. The van der Waals surface area contributed by atoms with Crippen molar-refractivity contribution in [2.24, 2.45) is 0 Å². The van der Waals surface area contributed by atoms with Gasteiger partial charge in [-0.2, -0.15) is 13.2 Å². The second-order valence-electron chi connectivity index (χ2n) is 6.83. The molecule has 3 nitrogen and oxygen atoms in total. The van der Waals surface area contributed by atoms with Gasteiger partial charge in [0.1, 0.15) is 0 Å². The minimum absolute atomic E-state index is 0.159. The summed E-state index contributed by atoms with van der Waals surface area (Å²) in [7, 11) is 0. The van der Waals surface area contributed by atoms with Crippen LogP contribution in [0.3, 0.4) is 0 Å². The molecule has 1 atom stereocenters. The number of benzene rings is 2. The van der Waals surface area contributed by atoms with Crippen molar-refractivity contribution < 1.29 is 18.0 Å². The van der Waals surface area contributed by atoms with Gasteiger partial charge in [0.05, 0.1) is 11.6 Å². The summed E-state index contributed by atoms with van der Waals surface area (Å²) in [6.45, 7) is 2.92. The second kappa shape index (κ2) is 6.43. The Hall–Kier alpha value is -2.34. The van der Waals surface area contributed by atoms with Crippen LogP contribution < -0.4 is 0 Å². The van der Waals surface area contributed by atoms with E-state index >= 15 is 0 Å². The minimum Gasteiger partial charge on any atom is -0.335 e. The first-order chi connectivity index (χ1) is 12.4. The number of halogens is 3. The highest BCUT2D eigenvalue weighted by Gasteiger charge is 2.35. The van der Waals surface area contributed by atoms with Crippen molar-refractivity contribution in [3.63, 3.8) is 0 Å². The molecule has 2 aromatic carbocycles. The lowest BCUT2D eigenvalue weighted by Gasteiger charge is -2.44. The van der Waals surface area contributed by atoms with Crippen molar-refractivity contribution >= 4 is 5.91 Å². The van der Waals surface area contributed by atoms with Gasteiger partial charge < -0.3 is 4.90 Å². The predicted octanol–water partition coefficient (Wildman–Crippen LogP) is 3.76. The van der Waals surface area contributed by atoms with Gasteiger partial charge in [-0.3, -0.25) is 9.69 Å². The van der Waals surface area contributed by atoms with Crippen LogP contribution in [0.5, 0.6) is 0 Å². The van der Waals surface area contributed by atoms with E-state index in [9.17, 15) is 18.0 Å². The summed E-state index contributed by atoms with van der Waals surface area (Å²) in [4.78, 5) is 16.9. The Bertz CT molecular complexity index is 817. The first-order valence-corrected chi connectivity index (χ1v) is 8.72. The Labute approximate surface area is 150 Å². The number of carbonyl (C=O) groups excluding carboxylic acids is 1. The average Bonchev–Trinajstić information content (AvgIpc) is 2.66. The zero-order valence-corrected chi connectivity index (χ0v) is 14.2. The largest absolute Gasteiger partial charge is 0.416 e. The molecule has 26 heavy (non-hydrogen) atoms. The topological polar surface area (TPSA) is 23.6 Å². The molecule has 2 heterocycles. The summed E-state index contributed by atoms with van der Waals surface area (Å²) >= 11 is 0. The lowest BCUT2D eigenvalue weighted by atomic mass is 9.91. The maximum atomic E-state index is 12.8. The van der Waals surface area contributed by atoms with E-state index in [-0.39, 0.29) is 11.9 Å². The molecule has 2 aliphatic heterocycles. The van der Waals surface area contributed by atoms with Crippen LogP contribution in [0.1, 0.15) is 33.1 Å². The second-order valence-corrected chi connectivity index (χ2v) is 6.83. The van der Waals surface area contributed by atoms with Crippen molar-refractivity contribution in [3.05, 3.63) is 70.8 Å². The molecule has 0 saturated carbocycles. The van der Waals surface area contributed by atoms with Crippen LogP contribution in [0.15, 0.2) is 48.5 Å². The minimum atomic E-state index is -4.39. The number of rotatable bonds is 1. The summed E-state index contributed by atoms with van der Waals surface area (Å²) in [5.74, 6) is -0.207. The summed E-state index contributed by atoms with van der Waals surface area (Å²) in [6, 6.07) is 12.9. The lowest BCUT2D eigenvalue weighted by Crippen LogP contribution is -2.52. The average molecular weight is 360 g/mol. The van der Waals surface area contributed by atoms with Crippen molar-refractivity contribution in [1.82, 2.24) is 9.80 Å². The van der Waals surface area contributed by atoms with E-state index in [0.29, 0.717) is 18.7 Å². The van der Waals surface area contributed by atoms with Gasteiger partial charge >= 0.3 is 6.18 Å². The van der Waals surface area contributed by atoms with E-state index in [2.05, 4.69) is 17.0 Å². The quantitative estimate of drug-likeness (QED) is 0.773. The number of amides is 1. The van der Waals surface area contributed by atoms with Crippen molar-refractivity contribution in [2.45, 2.75) is 18.6 Å². The normalized spacial score (nSPS) is 20.4. The highest BCUT2D eigenvalue weighted by atomic mass is 19.4. The zero-order valence-electron chi connectivity index (χ0n) is 14.2. The van der Waals surface area contributed by atoms with E-state index in [4.69, 9.17) is 0 Å². The third kappa shape index (κ3) is 3.09. The standard InChI is InChI=1S/C20H19F3N2O/c21-20(22,23)16-7-5-15(6-8-16)19(26)25-12-11-24-10-9-14-3-1-2-4-17(14)18(24)13-25/h1-8,18H,9-13H2. The molecule has 1 unspecified atom stereocenters. The summed E-state index contributed by atoms with van der Waals surface area (Å²) < 4.78 is 38.1. The Morgan fingerprint density at radius 2 is 1.69 bits per heavy atom. The van der Waals surface area contributed by atoms with Crippen molar-refractivity contribution in [2.75, 3.05) is 26.2 Å². The van der Waals surface area contributed by atoms with Gasteiger partial charge in [0.2, 0.25) is 0 Å². The first-order valence-electron chi connectivity index (χ1n) is 8.72. The number of hydrogen-bond donors (Lipinski definition) is 0. The molecule has 0 aromatic heterocycles. The molecule has 6 heteroatoms. The van der Waals surface area contributed by atoms with Crippen LogP contribution in [0.2, 0.25) is 0 Å². The van der Waals surface area contributed by atoms with Crippen LogP contribution in [-0.4, -0.2) is 41.9 Å². The van der Waals surface area contributed by atoms with Crippen LogP contribution in [0.4, 0.5) is 13.2 Å². The smallest absolute Gasteiger partial charge is 0.335 e. The highest BCUT2D eigenvalue weighted by molar-refractivity contribution is 5.94. The van der Waals surface area contributed by atoms with Crippen LogP contribution in [0, 0.1) is 0 Å². The SMILES string of the molecule is O=C(c1ccc(C(F)(F)F)cc1)N1CCN2CCc3ccccc3C2C1. The third-order valence-electron chi connectivity index (χ3n) is 5.32. The van der Waals surface area contributed by atoms with E-state index in [1.165, 1.54) is 23.3 Å². The Morgan fingerprint density at radius 1 is 0.962 bits per heavy atom. The molecular formula is C20H19F3N2O. The lowest BCUT2D eigenvalue weighted by molar-refractivity contribution is -0.137. The third-order valence-corrected chi connectivity index (χ3v) is 5.32. The van der Waals surface area contributed by atoms with Crippen LogP contribution >= 0.6 is 0 Å². The van der Waals surface area contributed by atoms with Crippen LogP contribution in [-0.2, 0) is 12.6 Å². The van der Waals surface area contributed by atoms with Crippen molar-refractivity contribution in [3.8, 4) is 0 Å². The highest BCUT2D eigenvalue weighted by Crippen LogP contribution is 2.33. The monoisotopic (exact) mass is 360 g/mol. The van der Waals surface area contributed by atoms with Crippen molar-refractivity contribution in [1.29, 1.82) is 0 Å². The van der Waals surface area contributed by atoms with Gasteiger partial charge in [-0.05, 0) is 41.8 Å². The molecule has 0 aliphatic carbocycles. The van der Waals surface area contributed by atoms with Gasteiger partial charge in [-0.25, -0.2) is 0 Å². The number of hydrogen-bond acceptors (Lipinski definition) is 2. The number of alkyl halides is 3. The molecule has 0 spiro atoms. The molecule has 0 bridgehead atoms. The number of piperazine rings is 1. The van der Waals surface area contributed by atoms with Gasteiger partial charge in [0, 0.05) is 31.7 Å². The first kappa shape index (κ1) is 17.1. The fraction of sp³-hybridized carbons (Fsp3) is 0.350. The van der Waals surface area contributed by atoms with E-state index in [1.807, 2.05) is 12.1 Å². The Morgan fingerprint density at radius 3 is 2.42 bits per heavy atom. The molecule has 136 valence electrons. The summed E-state index contributed by atoms with van der Waals surface area (Å²) in [5, 5.41) is 0. The number of carbonyl (C=O) groups is 1. The summed E-state index contributed by atoms with van der Waals surface area (Å²) in [5.41, 5.74) is 2.14.